The van der Waals surface area contributed by atoms with Crippen LogP contribution in [-0.4, -0.2) is 32.9 Å². The molecule has 0 saturated heterocycles. The minimum Gasteiger partial charge on any atom is -0.480 e. The highest BCUT2D eigenvalue weighted by atomic mass is 32.2. The number of aryl methyl sites for hydroxylation is 1. The van der Waals surface area contributed by atoms with Crippen molar-refractivity contribution < 1.29 is 14.3 Å². The van der Waals surface area contributed by atoms with Gasteiger partial charge in [-0.3, -0.25) is 10.1 Å². The van der Waals surface area contributed by atoms with Crippen LogP contribution in [-0.2, 0) is 4.79 Å². The minimum absolute atomic E-state index is 0.254. The number of oxazole rings is 1. The molecule has 3 rings (SSSR count). The van der Waals surface area contributed by atoms with Crippen molar-refractivity contribution in [3.63, 3.8) is 0 Å². The summed E-state index contributed by atoms with van der Waals surface area (Å²) in [5.41, 5.74) is 0.113. The molecule has 1 aromatic heterocycles. The lowest BCUT2D eigenvalue weighted by Gasteiger charge is -2.37. The fraction of sp³-hybridized carbons (Fsp3) is 0.714. The average Bonchev–Trinajstić information content (AvgIpc) is 3.11. The van der Waals surface area contributed by atoms with E-state index in [1.807, 2.05) is 6.92 Å². The van der Waals surface area contributed by atoms with Crippen LogP contribution in [0.5, 0.6) is 0 Å². The highest BCUT2D eigenvalue weighted by Gasteiger charge is 2.46. The molecule has 1 heterocycles. The molecule has 20 heavy (non-hydrogen) atoms. The smallest absolute Gasteiger partial charge is 0.323 e. The van der Waals surface area contributed by atoms with Gasteiger partial charge in [0, 0.05) is 11.3 Å². The van der Waals surface area contributed by atoms with Gasteiger partial charge in [0.05, 0.1) is 5.69 Å². The zero-order valence-corrected chi connectivity index (χ0v) is 12.4. The minimum atomic E-state index is -0.751. The molecule has 0 aliphatic heterocycles. The lowest BCUT2D eigenvalue weighted by atomic mass is 9.81. The first-order valence-electron chi connectivity index (χ1n) is 7.17. The molecule has 5 nitrogen and oxygen atoms in total. The molecule has 1 aromatic rings. The lowest BCUT2D eigenvalue weighted by Crippen LogP contribution is -2.56. The summed E-state index contributed by atoms with van der Waals surface area (Å²) in [5.74, 6) is -0.710. The molecule has 0 radical (unpaired) electrons. The summed E-state index contributed by atoms with van der Waals surface area (Å²) in [4.78, 5) is 16.0. The Balaban J connectivity index is 1.68. The van der Waals surface area contributed by atoms with Gasteiger partial charge in [-0.2, -0.15) is 0 Å². The second kappa shape index (κ2) is 5.41. The Hall–Kier alpha value is -1.01. The maximum atomic E-state index is 11.7. The van der Waals surface area contributed by atoms with Crippen LogP contribution in [0.2, 0.25) is 0 Å². The number of aromatic nitrogens is 1. The fourth-order valence-corrected chi connectivity index (χ4v) is 4.10. The zero-order valence-electron chi connectivity index (χ0n) is 11.6. The van der Waals surface area contributed by atoms with Crippen molar-refractivity contribution in [2.24, 2.45) is 0 Å². The summed E-state index contributed by atoms with van der Waals surface area (Å²) in [6.07, 6.45) is 7.16. The quantitative estimate of drug-likeness (QED) is 0.870. The van der Waals surface area contributed by atoms with Gasteiger partial charge in [0.15, 0.2) is 0 Å². The first kappa shape index (κ1) is 13.9. The van der Waals surface area contributed by atoms with Gasteiger partial charge in [0.2, 0.25) is 0 Å². The molecule has 0 bridgehead atoms. The van der Waals surface area contributed by atoms with E-state index in [-0.39, 0.29) is 5.25 Å². The Morgan fingerprint density at radius 3 is 2.95 bits per heavy atom. The summed E-state index contributed by atoms with van der Waals surface area (Å²) in [6.45, 7) is 1.89. The van der Waals surface area contributed by atoms with Gasteiger partial charge in [0.1, 0.15) is 11.8 Å². The number of aliphatic carboxylic acids is 1. The number of hydrogen-bond donors (Lipinski definition) is 2. The Morgan fingerprint density at radius 1 is 1.55 bits per heavy atom. The molecule has 2 saturated carbocycles. The topological polar surface area (TPSA) is 75.4 Å². The summed E-state index contributed by atoms with van der Waals surface area (Å²) < 4.78 is 5.37. The summed E-state index contributed by atoms with van der Waals surface area (Å²) in [7, 11) is 0. The first-order valence-corrected chi connectivity index (χ1v) is 8.05. The van der Waals surface area contributed by atoms with Crippen LogP contribution >= 0.6 is 11.8 Å². The van der Waals surface area contributed by atoms with E-state index in [9.17, 15) is 9.90 Å². The van der Waals surface area contributed by atoms with Crippen LogP contribution in [0.25, 0.3) is 0 Å². The van der Waals surface area contributed by atoms with Crippen LogP contribution < -0.4 is 5.32 Å². The number of thioether (sulfide) groups is 1. The summed E-state index contributed by atoms with van der Waals surface area (Å²) in [6, 6.07) is 0.402. The largest absolute Gasteiger partial charge is 0.480 e. The van der Waals surface area contributed by atoms with Gasteiger partial charge in [0.25, 0.3) is 5.22 Å². The normalized spacial score (nSPS) is 30.4. The molecule has 6 heteroatoms. The molecule has 2 aliphatic rings. The van der Waals surface area contributed by atoms with Crippen LogP contribution in [0.4, 0.5) is 0 Å². The fourth-order valence-electron chi connectivity index (χ4n) is 2.86. The van der Waals surface area contributed by atoms with Crippen molar-refractivity contribution in [3.05, 3.63) is 12.0 Å². The predicted molar refractivity (Wildman–Crippen MR) is 75.9 cm³/mol. The van der Waals surface area contributed by atoms with Gasteiger partial charge >= 0.3 is 5.97 Å². The van der Waals surface area contributed by atoms with Crippen LogP contribution in [0.1, 0.15) is 44.2 Å². The van der Waals surface area contributed by atoms with E-state index in [1.165, 1.54) is 0 Å². The molecule has 2 fully saturated rings. The first-order chi connectivity index (χ1) is 9.57. The zero-order chi connectivity index (χ0) is 14.2. The third-order valence-electron chi connectivity index (χ3n) is 4.04. The maximum Gasteiger partial charge on any atom is 0.323 e. The molecule has 110 valence electrons. The summed E-state index contributed by atoms with van der Waals surface area (Å²) >= 11 is 1.57. The van der Waals surface area contributed by atoms with E-state index < -0.39 is 11.5 Å². The van der Waals surface area contributed by atoms with Gasteiger partial charge in [-0.15, -0.1) is 0 Å². The van der Waals surface area contributed by atoms with Crippen LogP contribution in [0.3, 0.4) is 0 Å². The molecule has 0 spiro atoms. The highest BCUT2D eigenvalue weighted by Crippen LogP contribution is 2.39. The van der Waals surface area contributed by atoms with E-state index in [1.54, 1.807) is 18.0 Å². The molecule has 2 N–H and O–H groups in total. The van der Waals surface area contributed by atoms with E-state index >= 15 is 0 Å². The Bertz CT molecular complexity index is 500. The second-order valence-electron chi connectivity index (χ2n) is 5.90. The van der Waals surface area contributed by atoms with Crippen molar-refractivity contribution in [1.29, 1.82) is 0 Å². The molecule has 0 amide bonds. The number of rotatable bonds is 5. The van der Waals surface area contributed by atoms with Crippen molar-refractivity contribution in [2.45, 2.75) is 67.5 Å². The second-order valence-corrected chi connectivity index (χ2v) is 7.15. The van der Waals surface area contributed by atoms with E-state index in [0.29, 0.717) is 17.7 Å². The Labute approximate surface area is 122 Å². The van der Waals surface area contributed by atoms with E-state index in [0.717, 1.165) is 37.8 Å². The maximum absolute atomic E-state index is 11.7. The number of carboxylic acid groups (broad SMARTS) is 1. The number of nitrogens with zero attached hydrogens (tertiary/aromatic N) is 1. The van der Waals surface area contributed by atoms with Crippen LogP contribution in [0.15, 0.2) is 15.9 Å². The molecular formula is C14H20N2O3S. The highest BCUT2D eigenvalue weighted by molar-refractivity contribution is 7.99. The SMILES string of the molecule is Cc1coc(SC2CCCC(NC3CC3)(C(=O)O)C2)n1. The predicted octanol–water partition coefficient (Wildman–Crippen LogP) is 2.59. The Morgan fingerprint density at radius 2 is 2.35 bits per heavy atom. The number of carboxylic acids is 1. The van der Waals surface area contributed by atoms with Crippen LogP contribution in [0, 0.1) is 6.92 Å². The Kier molecular flexibility index (Phi) is 3.77. The number of carbonyl (C=O) groups is 1. The molecule has 2 aliphatic carbocycles. The number of hydrogen-bond acceptors (Lipinski definition) is 5. The lowest BCUT2D eigenvalue weighted by molar-refractivity contribution is -0.146. The average molecular weight is 296 g/mol. The van der Waals surface area contributed by atoms with Crippen molar-refractivity contribution in [2.75, 3.05) is 0 Å². The molecule has 2 atom stereocenters. The third kappa shape index (κ3) is 3.01. The van der Waals surface area contributed by atoms with Gasteiger partial charge < -0.3 is 9.52 Å². The van der Waals surface area contributed by atoms with E-state index in [4.69, 9.17) is 4.42 Å². The van der Waals surface area contributed by atoms with Crippen molar-refractivity contribution >= 4 is 17.7 Å². The third-order valence-corrected chi connectivity index (χ3v) is 5.16. The van der Waals surface area contributed by atoms with Crippen molar-refractivity contribution in [3.8, 4) is 0 Å². The molecule has 0 aromatic carbocycles. The molecular weight excluding hydrogens is 276 g/mol. The van der Waals surface area contributed by atoms with Gasteiger partial charge in [-0.05, 0) is 45.4 Å². The number of nitrogens with one attached hydrogen (secondary N) is 1. The van der Waals surface area contributed by atoms with Gasteiger partial charge in [-0.25, -0.2) is 4.98 Å². The van der Waals surface area contributed by atoms with E-state index in [2.05, 4.69) is 10.3 Å². The summed E-state index contributed by atoms with van der Waals surface area (Å²) in [5, 5.41) is 13.9. The standard InChI is InChI=1S/C14H20N2O3S/c1-9-8-19-13(15-9)20-11-3-2-6-14(7-11,12(17)18)16-10-4-5-10/h8,10-11,16H,2-7H2,1H3,(H,17,18). The van der Waals surface area contributed by atoms with Crippen molar-refractivity contribution in [1.82, 2.24) is 10.3 Å². The van der Waals surface area contributed by atoms with Gasteiger partial charge in [-0.1, -0.05) is 11.8 Å². The molecule has 2 unspecified atom stereocenters. The monoisotopic (exact) mass is 296 g/mol.